The van der Waals surface area contributed by atoms with Gasteiger partial charge in [-0.15, -0.1) is 0 Å². The summed E-state index contributed by atoms with van der Waals surface area (Å²) in [5, 5.41) is 21.2. The minimum atomic E-state index is 0.0647. The molecule has 0 fully saturated rings. The van der Waals surface area contributed by atoms with Crippen molar-refractivity contribution in [2.24, 2.45) is 0 Å². The van der Waals surface area contributed by atoms with Crippen molar-refractivity contribution in [3.8, 4) is 45.7 Å². The molecule has 2 N–H and O–H groups in total. The maximum Gasteiger partial charge on any atom is 0.167 e. The molecular formula is C22H16ClN3O2. The predicted molar refractivity (Wildman–Crippen MR) is 109 cm³/mol. The molecule has 0 aliphatic rings. The van der Waals surface area contributed by atoms with Crippen LogP contribution in [0.2, 0.25) is 5.02 Å². The SMILES string of the molecule is Cc1ccc(-c2nc(-c3ccc(Cl)cc3)nc(-c3ccccc3O)n2)c(O)c1. The molecule has 0 bridgehead atoms. The number of hydrogen-bond acceptors (Lipinski definition) is 5. The number of halogens is 1. The van der Waals surface area contributed by atoms with Gasteiger partial charge in [-0.05, 0) is 61.0 Å². The highest BCUT2D eigenvalue weighted by Gasteiger charge is 2.16. The van der Waals surface area contributed by atoms with Crippen molar-refractivity contribution in [2.75, 3.05) is 0 Å². The summed E-state index contributed by atoms with van der Waals surface area (Å²) in [4.78, 5) is 13.6. The smallest absolute Gasteiger partial charge is 0.167 e. The summed E-state index contributed by atoms with van der Waals surface area (Å²) in [5.41, 5.74) is 2.64. The molecule has 1 aromatic heterocycles. The summed E-state index contributed by atoms with van der Waals surface area (Å²) in [7, 11) is 0. The largest absolute Gasteiger partial charge is 0.507 e. The fourth-order valence-electron chi connectivity index (χ4n) is 2.84. The van der Waals surface area contributed by atoms with Crippen molar-refractivity contribution in [1.29, 1.82) is 0 Å². The van der Waals surface area contributed by atoms with Gasteiger partial charge in [0.15, 0.2) is 17.5 Å². The van der Waals surface area contributed by atoms with Gasteiger partial charge in [0, 0.05) is 10.6 Å². The average Bonchev–Trinajstić information content (AvgIpc) is 2.68. The Hall–Kier alpha value is -3.44. The Labute approximate surface area is 167 Å². The Morgan fingerprint density at radius 3 is 1.93 bits per heavy atom. The van der Waals surface area contributed by atoms with Crippen LogP contribution in [0.4, 0.5) is 0 Å². The van der Waals surface area contributed by atoms with E-state index in [1.165, 1.54) is 0 Å². The van der Waals surface area contributed by atoms with Crippen LogP contribution in [0.3, 0.4) is 0 Å². The highest BCUT2D eigenvalue weighted by molar-refractivity contribution is 6.30. The lowest BCUT2D eigenvalue weighted by molar-refractivity contribution is 0.476. The fraction of sp³-hybridized carbons (Fsp3) is 0.0455. The third-order valence-corrected chi connectivity index (χ3v) is 4.53. The maximum atomic E-state index is 10.4. The molecule has 0 amide bonds. The number of rotatable bonds is 3. The van der Waals surface area contributed by atoms with Crippen LogP contribution in [-0.4, -0.2) is 25.2 Å². The van der Waals surface area contributed by atoms with Gasteiger partial charge in [0.2, 0.25) is 0 Å². The highest BCUT2D eigenvalue weighted by Crippen LogP contribution is 2.32. The van der Waals surface area contributed by atoms with Crippen LogP contribution < -0.4 is 0 Å². The molecule has 5 nitrogen and oxygen atoms in total. The average molecular weight is 390 g/mol. The Kier molecular flexibility index (Phi) is 4.67. The number of phenols is 2. The number of aryl methyl sites for hydroxylation is 1. The van der Waals surface area contributed by atoms with Crippen LogP contribution in [0.1, 0.15) is 5.56 Å². The summed E-state index contributed by atoms with van der Waals surface area (Å²) in [6.07, 6.45) is 0. The molecule has 4 rings (SSSR count). The minimum Gasteiger partial charge on any atom is -0.507 e. The van der Waals surface area contributed by atoms with Crippen molar-refractivity contribution < 1.29 is 10.2 Å². The van der Waals surface area contributed by atoms with Crippen LogP contribution in [0.5, 0.6) is 11.5 Å². The van der Waals surface area contributed by atoms with Crippen LogP contribution >= 0.6 is 11.6 Å². The number of nitrogens with zero attached hydrogens (tertiary/aromatic N) is 3. The lowest BCUT2D eigenvalue weighted by Gasteiger charge is -2.10. The number of aromatic hydroxyl groups is 2. The first-order chi connectivity index (χ1) is 13.5. The van der Waals surface area contributed by atoms with Gasteiger partial charge in [-0.1, -0.05) is 29.8 Å². The maximum absolute atomic E-state index is 10.4. The highest BCUT2D eigenvalue weighted by atomic mass is 35.5. The van der Waals surface area contributed by atoms with Crippen molar-refractivity contribution in [2.45, 2.75) is 6.92 Å². The number of phenolic OH excluding ortho intramolecular Hbond substituents is 2. The molecule has 0 aliphatic heterocycles. The quantitative estimate of drug-likeness (QED) is 0.500. The molecule has 1 heterocycles. The molecule has 0 radical (unpaired) electrons. The van der Waals surface area contributed by atoms with E-state index in [9.17, 15) is 10.2 Å². The third-order valence-electron chi connectivity index (χ3n) is 4.28. The Morgan fingerprint density at radius 1 is 0.679 bits per heavy atom. The summed E-state index contributed by atoms with van der Waals surface area (Å²) in [6.45, 7) is 1.89. The van der Waals surface area contributed by atoms with Crippen LogP contribution in [0.15, 0.2) is 66.7 Å². The second kappa shape index (κ2) is 7.29. The van der Waals surface area contributed by atoms with Crippen molar-refractivity contribution in [3.05, 3.63) is 77.3 Å². The van der Waals surface area contributed by atoms with E-state index in [4.69, 9.17) is 11.6 Å². The first-order valence-corrected chi connectivity index (χ1v) is 8.99. The van der Waals surface area contributed by atoms with E-state index >= 15 is 0 Å². The molecular weight excluding hydrogens is 374 g/mol. The topological polar surface area (TPSA) is 79.1 Å². The Bertz CT molecular complexity index is 1160. The van der Waals surface area contributed by atoms with Gasteiger partial charge >= 0.3 is 0 Å². The van der Waals surface area contributed by atoms with E-state index in [0.29, 0.717) is 33.6 Å². The van der Waals surface area contributed by atoms with E-state index in [2.05, 4.69) is 15.0 Å². The van der Waals surface area contributed by atoms with E-state index in [-0.39, 0.29) is 11.5 Å². The normalized spacial score (nSPS) is 10.8. The summed E-state index contributed by atoms with van der Waals surface area (Å²) >= 11 is 5.99. The van der Waals surface area contributed by atoms with Gasteiger partial charge in [0.25, 0.3) is 0 Å². The number of hydrogen-bond donors (Lipinski definition) is 2. The molecule has 0 saturated carbocycles. The number of benzene rings is 3. The zero-order chi connectivity index (χ0) is 19.7. The van der Waals surface area contributed by atoms with E-state index in [1.54, 1.807) is 48.5 Å². The zero-order valence-corrected chi connectivity index (χ0v) is 15.7. The standard InChI is InChI=1S/C22H16ClN3O2/c1-13-6-11-17(19(28)12-13)22-25-20(14-7-9-15(23)10-8-14)24-21(26-22)16-4-2-3-5-18(16)27/h2-12,27-28H,1H3. The van der Waals surface area contributed by atoms with Crippen LogP contribution in [0, 0.1) is 6.92 Å². The van der Waals surface area contributed by atoms with E-state index in [0.717, 1.165) is 11.1 Å². The van der Waals surface area contributed by atoms with Crippen molar-refractivity contribution in [1.82, 2.24) is 15.0 Å². The molecule has 0 spiro atoms. The van der Waals surface area contributed by atoms with Crippen LogP contribution in [-0.2, 0) is 0 Å². The molecule has 6 heteroatoms. The van der Waals surface area contributed by atoms with Gasteiger partial charge in [-0.3, -0.25) is 0 Å². The molecule has 0 aliphatic carbocycles. The second-order valence-electron chi connectivity index (χ2n) is 6.35. The third kappa shape index (κ3) is 3.52. The molecule has 3 aromatic carbocycles. The number of aromatic nitrogens is 3. The van der Waals surface area contributed by atoms with Crippen LogP contribution in [0.25, 0.3) is 34.2 Å². The molecule has 0 saturated heterocycles. The zero-order valence-electron chi connectivity index (χ0n) is 15.0. The van der Waals surface area contributed by atoms with Crippen molar-refractivity contribution >= 4 is 11.6 Å². The lowest BCUT2D eigenvalue weighted by atomic mass is 10.1. The van der Waals surface area contributed by atoms with Gasteiger partial charge in [0.1, 0.15) is 11.5 Å². The second-order valence-corrected chi connectivity index (χ2v) is 6.79. The lowest BCUT2D eigenvalue weighted by Crippen LogP contribution is -2.00. The number of para-hydroxylation sites is 1. The molecule has 28 heavy (non-hydrogen) atoms. The van der Waals surface area contributed by atoms with Gasteiger partial charge in [0.05, 0.1) is 11.1 Å². The monoisotopic (exact) mass is 389 g/mol. The van der Waals surface area contributed by atoms with E-state index in [1.807, 2.05) is 25.1 Å². The van der Waals surface area contributed by atoms with Gasteiger partial charge < -0.3 is 10.2 Å². The summed E-state index contributed by atoms with van der Waals surface area (Å²) in [6, 6.07) is 19.3. The Balaban J connectivity index is 1.95. The van der Waals surface area contributed by atoms with E-state index < -0.39 is 0 Å². The predicted octanol–water partition coefficient (Wildman–Crippen LogP) is 5.25. The molecule has 0 atom stereocenters. The van der Waals surface area contributed by atoms with Gasteiger partial charge in [-0.25, -0.2) is 15.0 Å². The molecule has 138 valence electrons. The van der Waals surface area contributed by atoms with Gasteiger partial charge in [-0.2, -0.15) is 0 Å². The van der Waals surface area contributed by atoms with Crippen molar-refractivity contribution in [3.63, 3.8) is 0 Å². The Morgan fingerprint density at radius 2 is 1.29 bits per heavy atom. The first kappa shape index (κ1) is 17.9. The summed E-state index contributed by atoms with van der Waals surface area (Å²) < 4.78 is 0. The minimum absolute atomic E-state index is 0.0647. The molecule has 0 unspecified atom stereocenters. The summed E-state index contributed by atoms with van der Waals surface area (Å²) in [5.74, 6) is 1.19. The molecule has 4 aromatic rings. The fourth-order valence-corrected chi connectivity index (χ4v) is 2.96. The first-order valence-electron chi connectivity index (χ1n) is 8.61.